The Hall–Kier alpha value is -8.74. The van der Waals surface area contributed by atoms with E-state index in [4.69, 9.17) is 17.2 Å². The van der Waals surface area contributed by atoms with Gasteiger partial charge in [-0.15, -0.1) is 0 Å². The number of para-hydroxylation sites is 1. The van der Waals surface area contributed by atoms with Crippen LogP contribution in [0.4, 0.5) is 0 Å². The summed E-state index contributed by atoms with van der Waals surface area (Å²) >= 11 is 0. The van der Waals surface area contributed by atoms with Crippen LogP contribution in [-0.2, 0) is 73.5 Å². The van der Waals surface area contributed by atoms with Gasteiger partial charge in [0.1, 0.15) is 54.4 Å². The summed E-state index contributed by atoms with van der Waals surface area (Å²) in [7, 11) is 0. The number of aromatic amines is 1. The summed E-state index contributed by atoms with van der Waals surface area (Å²) in [5.74, 6) is -12.0. The lowest BCUT2D eigenvalue weighted by atomic mass is 9.98. The van der Waals surface area contributed by atoms with Crippen molar-refractivity contribution in [1.82, 2.24) is 68.0 Å². The molecule has 14 amide bonds. The second-order valence-corrected chi connectivity index (χ2v) is 22.4. The number of hydrogen-bond donors (Lipinski definition) is 15. The molecule has 474 valence electrons. The van der Waals surface area contributed by atoms with E-state index in [2.05, 4.69) is 58.2 Å². The van der Waals surface area contributed by atoms with E-state index < -0.39 is 188 Å². The van der Waals surface area contributed by atoms with Crippen molar-refractivity contribution in [3.63, 3.8) is 0 Å². The monoisotopic (exact) mass is 1210 g/mol. The Morgan fingerprint density at radius 1 is 0.581 bits per heavy atom. The molecule has 0 bridgehead atoms. The molecular formula is C55H84N16O15. The highest BCUT2D eigenvalue weighted by Gasteiger charge is 2.41. The molecule has 2 aliphatic rings. The predicted octanol–water partition coefficient (Wildman–Crippen LogP) is -5.88. The van der Waals surface area contributed by atoms with Gasteiger partial charge >= 0.3 is 0 Å². The predicted molar refractivity (Wildman–Crippen MR) is 308 cm³/mol. The van der Waals surface area contributed by atoms with Gasteiger partial charge in [-0.25, -0.2) is 0 Å². The number of primary amides is 2. The highest BCUT2D eigenvalue weighted by molar-refractivity contribution is 5.99. The fourth-order valence-corrected chi connectivity index (χ4v) is 9.72. The van der Waals surface area contributed by atoms with Crippen LogP contribution in [-0.4, -0.2) is 203 Å². The van der Waals surface area contributed by atoms with Crippen molar-refractivity contribution in [1.29, 1.82) is 0 Å². The standard InChI is InChI=1S/C55H84N16O15/c1-27(2)18-37(67-52(83)39-15-10-16-70(39)44(77)25-63-49(80)36(20-40(57)73)65-48(79)33(56)26-72)55(86)71-17-11-14-38(71)51(82)62-23-42(75)60-24-43(76)68-45(28(3)4)54(85)69-46(29(5)6)53(84)66-35(19-31-21-59-34-13-9-8-12-32(31)34)50(81)64-30(7)47(78)61-22-41(58)74/h8-9,12-13,21,27-30,33,35-39,45-46,59,72H,10-11,14-20,22-26,56H2,1-7H3,(H2,57,73)(H2,58,74)(H,60,75)(H,61,78)(H,62,82)(H,63,80)(H,64,81)(H,65,79)(H,66,84)(H,67,83)(H,68,76)(H,69,85)/t30-,33-,35-,36-,37-,38-,39-,45-,46-/m0/s1. The number of likely N-dealkylation sites (tertiary alicyclic amines) is 2. The Kier molecular flexibility index (Phi) is 26.8. The number of nitrogens with one attached hydrogen (secondary N) is 11. The Morgan fingerprint density at radius 3 is 1.78 bits per heavy atom. The van der Waals surface area contributed by atoms with Crippen molar-refractivity contribution in [2.45, 2.75) is 148 Å². The number of nitrogens with zero attached hydrogens (tertiary/aromatic N) is 2. The van der Waals surface area contributed by atoms with Gasteiger partial charge in [0, 0.05) is 36.6 Å². The lowest BCUT2D eigenvalue weighted by Gasteiger charge is -2.31. The van der Waals surface area contributed by atoms with Crippen LogP contribution in [0.1, 0.15) is 92.6 Å². The summed E-state index contributed by atoms with van der Waals surface area (Å²) in [6, 6.07) is -3.78. The Labute approximate surface area is 497 Å². The first-order valence-corrected chi connectivity index (χ1v) is 28.5. The molecule has 1 aromatic heterocycles. The molecule has 0 unspecified atom stereocenters. The number of aliphatic hydroxyl groups excluding tert-OH is 1. The lowest BCUT2D eigenvalue weighted by molar-refractivity contribution is -0.143. The maximum atomic E-state index is 14.2. The zero-order chi connectivity index (χ0) is 64.1. The highest BCUT2D eigenvalue weighted by atomic mass is 16.3. The van der Waals surface area contributed by atoms with E-state index in [9.17, 15) is 72.2 Å². The van der Waals surface area contributed by atoms with Gasteiger partial charge in [-0.1, -0.05) is 59.7 Å². The minimum absolute atomic E-state index is 0.0430. The first-order valence-electron chi connectivity index (χ1n) is 28.5. The van der Waals surface area contributed by atoms with Crippen molar-refractivity contribution in [2.75, 3.05) is 45.9 Å². The first kappa shape index (κ1) is 69.8. The summed E-state index contributed by atoms with van der Waals surface area (Å²) in [4.78, 5) is 189. The van der Waals surface area contributed by atoms with E-state index >= 15 is 0 Å². The van der Waals surface area contributed by atoms with Gasteiger partial charge in [-0.2, -0.15) is 0 Å². The Bertz CT molecular complexity index is 2820. The summed E-state index contributed by atoms with van der Waals surface area (Å²) < 4.78 is 0. The maximum absolute atomic E-state index is 14.2. The number of rotatable bonds is 32. The van der Waals surface area contributed by atoms with Crippen LogP contribution >= 0.6 is 0 Å². The van der Waals surface area contributed by atoms with E-state index in [1.165, 1.54) is 16.7 Å². The molecule has 1 aromatic carbocycles. The average Bonchev–Trinajstić information content (AvgIpc) is 2.97. The quantitative estimate of drug-likeness (QED) is 0.0324. The van der Waals surface area contributed by atoms with E-state index in [1.54, 1.807) is 40.0 Å². The molecule has 2 aromatic rings. The van der Waals surface area contributed by atoms with Crippen LogP contribution in [0.2, 0.25) is 0 Å². The molecule has 18 N–H and O–H groups in total. The number of benzene rings is 1. The van der Waals surface area contributed by atoms with E-state index in [0.29, 0.717) is 18.4 Å². The molecule has 9 atom stereocenters. The molecule has 2 aliphatic heterocycles. The topological polar surface area (TPSA) is 480 Å². The van der Waals surface area contributed by atoms with Crippen LogP contribution in [0.25, 0.3) is 10.9 Å². The molecule has 31 heteroatoms. The lowest BCUT2D eigenvalue weighted by Crippen LogP contribution is -2.60. The van der Waals surface area contributed by atoms with Crippen molar-refractivity contribution in [3.05, 3.63) is 36.0 Å². The van der Waals surface area contributed by atoms with Crippen LogP contribution < -0.4 is 70.4 Å². The minimum atomic E-state index is -1.52. The third kappa shape index (κ3) is 20.8. The molecule has 86 heavy (non-hydrogen) atoms. The van der Waals surface area contributed by atoms with Crippen LogP contribution in [0, 0.1) is 17.8 Å². The molecule has 0 radical (unpaired) electrons. The molecule has 0 aliphatic carbocycles. The number of aromatic nitrogens is 1. The zero-order valence-corrected chi connectivity index (χ0v) is 49.5. The van der Waals surface area contributed by atoms with Gasteiger partial charge in [0.25, 0.3) is 0 Å². The fraction of sp³-hybridized carbons (Fsp3) is 0.600. The number of amides is 14. The first-order chi connectivity index (χ1) is 40.5. The van der Waals surface area contributed by atoms with Crippen molar-refractivity contribution in [3.8, 4) is 0 Å². The summed E-state index contributed by atoms with van der Waals surface area (Å²) in [6.45, 7) is 8.78. The molecule has 0 spiro atoms. The van der Waals surface area contributed by atoms with E-state index in [0.717, 1.165) is 10.9 Å². The Morgan fingerprint density at radius 2 is 1.16 bits per heavy atom. The summed E-state index contributed by atoms with van der Waals surface area (Å²) in [5.41, 5.74) is 17.3. The van der Waals surface area contributed by atoms with Crippen LogP contribution in [0.3, 0.4) is 0 Å². The molecule has 3 heterocycles. The second-order valence-electron chi connectivity index (χ2n) is 22.4. The minimum Gasteiger partial charge on any atom is -0.394 e. The van der Waals surface area contributed by atoms with E-state index in [1.807, 2.05) is 32.0 Å². The van der Waals surface area contributed by atoms with Crippen molar-refractivity contribution in [2.24, 2.45) is 35.0 Å². The van der Waals surface area contributed by atoms with Crippen molar-refractivity contribution < 1.29 is 72.2 Å². The normalized spacial score (nSPS) is 17.2. The summed E-state index contributed by atoms with van der Waals surface area (Å²) in [5, 5.41) is 34.9. The molecule has 2 saturated heterocycles. The van der Waals surface area contributed by atoms with Gasteiger partial charge < -0.3 is 90.3 Å². The zero-order valence-electron chi connectivity index (χ0n) is 49.5. The van der Waals surface area contributed by atoms with Crippen molar-refractivity contribution >= 4 is 93.6 Å². The Balaban J connectivity index is 1.32. The number of carbonyl (C=O) groups excluding carboxylic acids is 14. The van der Waals surface area contributed by atoms with Gasteiger partial charge in [-0.05, 0) is 68.4 Å². The third-order valence-corrected chi connectivity index (χ3v) is 14.3. The molecule has 31 nitrogen and oxygen atoms in total. The SMILES string of the molecule is CC(C)C[C@H](NC(=O)[C@@H]1CCCN1C(=O)CNC(=O)[C@H](CC(N)=O)NC(=O)[C@@H](N)CO)C(=O)N1CCC[C@H]1C(=O)NCC(=O)NCC(=O)N[C@H](C(=O)N[C@H](C(=O)N[C@@H](Cc1c[nH]c2ccccc12)C(=O)N[C@@H](C)C(=O)NCC(N)=O)C(C)C)C(C)C. The molecule has 2 fully saturated rings. The molecule has 4 rings (SSSR count). The average molecular weight is 1210 g/mol. The van der Waals surface area contributed by atoms with E-state index in [-0.39, 0.29) is 44.7 Å². The highest BCUT2D eigenvalue weighted by Crippen LogP contribution is 2.23. The third-order valence-electron chi connectivity index (χ3n) is 14.3. The van der Waals surface area contributed by atoms with Crippen LogP contribution in [0.15, 0.2) is 30.5 Å². The number of fused-ring (bicyclic) bond motifs is 1. The largest absolute Gasteiger partial charge is 0.394 e. The number of hydrogen-bond acceptors (Lipinski definition) is 16. The molecule has 0 saturated carbocycles. The maximum Gasteiger partial charge on any atom is 0.245 e. The van der Waals surface area contributed by atoms with Gasteiger partial charge in [-0.3, -0.25) is 67.1 Å². The van der Waals surface area contributed by atoms with Gasteiger partial charge in [0.2, 0.25) is 82.7 Å². The van der Waals surface area contributed by atoms with Gasteiger partial charge in [0.05, 0.1) is 39.2 Å². The molecular weight excluding hydrogens is 1120 g/mol. The second kappa shape index (κ2) is 33.1. The van der Waals surface area contributed by atoms with Crippen LogP contribution in [0.5, 0.6) is 0 Å². The summed E-state index contributed by atoms with van der Waals surface area (Å²) in [6.07, 6.45) is 2.39. The smallest absolute Gasteiger partial charge is 0.245 e. The fourth-order valence-electron chi connectivity index (χ4n) is 9.72. The number of nitrogens with two attached hydrogens (primary N) is 3. The number of aliphatic hydroxyl groups is 1. The number of carbonyl (C=O) groups is 14. The number of H-pyrrole nitrogens is 1. The van der Waals surface area contributed by atoms with Gasteiger partial charge in [0.15, 0.2) is 0 Å².